The second kappa shape index (κ2) is 5.13. The Morgan fingerprint density at radius 2 is 1.95 bits per heavy atom. The van der Waals surface area contributed by atoms with Crippen LogP contribution in [0.3, 0.4) is 0 Å². The second-order valence-corrected chi connectivity index (χ2v) is 5.38. The molecule has 0 spiro atoms. The van der Waals surface area contributed by atoms with Gasteiger partial charge in [0.1, 0.15) is 5.60 Å². The maximum absolute atomic E-state index is 11.2. The monoisotopic (exact) mass is 305 g/mol. The minimum Gasteiger partial charge on any atom is -0.493 e. The van der Waals surface area contributed by atoms with Crippen molar-refractivity contribution in [3.05, 3.63) is 52.5 Å². The summed E-state index contributed by atoms with van der Waals surface area (Å²) < 4.78 is 10.8. The quantitative estimate of drug-likeness (QED) is 0.915. The molecule has 1 unspecified atom stereocenters. The van der Waals surface area contributed by atoms with E-state index in [1.807, 2.05) is 18.2 Å². The summed E-state index contributed by atoms with van der Waals surface area (Å²) in [5, 5.41) is 15.0. The number of ether oxygens (including phenoxy) is 2. The van der Waals surface area contributed by atoms with Gasteiger partial charge in [-0.15, -0.1) is 0 Å². The molecule has 2 aromatic rings. The van der Waals surface area contributed by atoms with Gasteiger partial charge in [-0.05, 0) is 24.3 Å². The first-order valence-corrected chi connectivity index (χ1v) is 6.95. The van der Waals surface area contributed by atoms with Crippen molar-refractivity contribution in [2.24, 2.45) is 0 Å². The summed E-state index contributed by atoms with van der Waals surface area (Å²) in [6, 6.07) is 10.9. The van der Waals surface area contributed by atoms with Gasteiger partial charge >= 0.3 is 0 Å². The van der Waals surface area contributed by atoms with Crippen LogP contribution in [-0.2, 0) is 5.60 Å². The largest absolute Gasteiger partial charge is 0.493 e. The van der Waals surface area contributed by atoms with Crippen LogP contribution in [0.15, 0.2) is 36.4 Å². The van der Waals surface area contributed by atoms with Gasteiger partial charge in [0.05, 0.1) is 20.8 Å². The summed E-state index contributed by atoms with van der Waals surface area (Å²) >= 11 is 6.08. The van der Waals surface area contributed by atoms with E-state index in [1.165, 1.54) is 0 Å². The molecule has 1 heterocycles. The molecule has 2 N–H and O–H groups in total. The highest BCUT2D eigenvalue weighted by molar-refractivity contribution is 6.30. The number of rotatable bonds is 3. The van der Waals surface area contributed by atoms with E-state index in [9.17, 15) is 5.11 Å². The van der Waals surface area contributed by atoms with Crippen LogP contribution in [0.25, 0.3) is 0 Å². The number of hydrogen-bond donors (Lipinski definition) is 2. The fraction of sp³-hybridized carbons (Fsp3) is 0.250. The minimum atomic E-state index is -1.21. The lowest BCUT2D eigenvalue weighted by Crippen LogP contribution is -2.30. The first kappa shape index (κ1) is 14.0. The van der Waals surface area contributed by atoms with Crippen molar-refractivity contribution in [3.63, 3.8) is 0 Å². The standard InChI is InChI=1S/C16H16ClNO3/c1-20-14-5-3-4-11(15(14)21-2)16(19)9-18-13-7-6-10(17)8-12(13)16/h3-8,18-19H,9H2,1-2H3. The predicted molar refractivity (Wildman–Crippen MR) is 82.5 cm³/mol. The van der Waals surface area contributed by atoms with Gasteiger partial charge in [-0.1, -0.05) is 23.7 Å². The number of para-hydroxylation sites is 1. The second-order valence-electron chi connectivity index (χ2n) is 4.94. The zero-order valence-corrected chi connectivity index (χ0v) is 12.6. The normalized spacial score (nSPS) is 19.8. The molecule has 0 fully saturated rings. The summed E-state index contributed by atoms with van der Waals surface area (Å²) in [4.78, 5) is 0. The molecule has 0 saturated carbocycles. The third-order valence-corrected chi connectivity index (χ3v) is 4.05. The molecule has 21 heavy (non-hydrogen) atoms. The van der Waals surface area contributed by atoms with Crippen LogP contribution < -0.4 is 14.8 Å². The van der Waals surface area contributed by atoms with Crippen molar-refractivity contribution < 1.29 is 14.6 Å². The van der Waals surface area contributed by atoms with E-state index >= 15 is 0 Å². The lowest BCUT2D eigenvalue weighted by atomic mass is 9.87. The number of halogens is 1. The van der Waals surface area contributed by atoms with Crippen LogP contribution in [0.4, 0.5) is 5.69 Å². The molecule has 0 bridgehead atoms. The zero-order chi connectivity index (χ0) is 15.0. The van der Waals surface area contributed by atoms with E-state index in [2.05, 4.69) is 5.32 Å². The molecule has 0 aromatic heterocycles. The molecule has 0 radical (unpaired) electrons. The molecule has 1 atom stereocenters. The number of nitrogens with one attached hydrogen (secondary N) is 1. The average Bonchev–Trinajstić information content (AvgIpc) is 2.84. The van der Waals surface area contributed by atoms with Crippen LogP contribution in [0.5, 0.6) is 11.5 Å². The zero-order valence-electron chi connectivity index (χ0n) is 11.8. The van der Waals surface area contributed by atoms with E-state index in [4.69, 9.17) is 21.1 Å². The van der Waals surface area contributed by atoms with E-state index in [0.717, 1.165) is 11.3 Å². The molecule has 0 saturated heterocycles. The Bertz CT molecular complexity index is 689. The van der Waals surface area contributed by atoms with Crippen LogP contribution in [-0.4, -0.2) is 25.9 Å². The highest BCUT2D eigenvalue weighted by Crippen LogP contribution is 2.46. The Morgan fingerprint density at radius 3 is 2.67 bits per heavy atom. The topological polar surface area (TPSA) is 50.7 Å². The lowest BCUT2D eigenvalue weighted by molar-refractivity contribution is 0.0991. The molecule has 3 rings (SSSR count). The molecule has 5 heteroatoms. The minimum absolute atomic E-state index is 0.353. The van der Waals surface area contributed by atoms with Crippen LogP contribution in [0.2, 0.25) is 5.02 Å². The van der Waals surface area contributed by atoms with Gasteiger partial charge in [-0.3, -0.25) is 0 Å². The number of methoxy groups -OCH3 is 2. The Kier molecular flexibility index (Phi) is 3.43. The van der Waals surface area contributed by atoms with E-state index in [0.29, 0.717) is 28.6 Å². The summed E-state index contributed by atoms with van der Waals surface area (Å²) in [7, 11) is 3.13. The third-order valence-electron chi connectivity index (χ3n) is 3.81. The Balaban J connectivity index is 2.20. The van der Waals surface area contributed by atoms with Gasteiger partial charge in [0, 0.05) is 21.8 Å². The van der Waals surface area contributed by atoms with E-state index < -0.39 is 5.60 Å². The molecule has 2 aromatic carbocycles. The fourth-order valence-electron chi connectivity index (χ4n) is 2.78. The summed E-state index contributed by atoms with van der Waals surface area (Å²) in [5.41, 5.74) is 1.05. The Labute approximate surface area is 128 Å². The average molecular weight is 306 g/mol. The molecule has 0 amide bonds. The number of fused-ring (bicyclic) bond motifs is 1. The predicted octanol–water partition coefficient (Wildman–Crippen LogP) is 3.02. The van der Waals surface area contributed by atoms with Crippen molar-refractivity contribution in [1.82, 2.24) is 0 Å². The molecule has 4 nitrogen and oxygen atoms in total. The van der Waals surface area contributed by atoms with Gasteiger partial charge in [0.15, 0.2) is 11.5 Å². The van der Waals surface area contributed by atoms with Gasteiger partial charge in [-0.2, -0.15) is 0 Å². The number of hydrogen-bond acceptors (Lipinski definition) is 4. The smallest absolute Gasteiger partial charge is 0.167 e. The van der Waals surface area contributed by atoms with Crippen molar-refractivity contribution in [2.45, 2.75) is 5.60 Å². The highest BCUT2D eigenvalue weighted by atomic mass is 35.5. The van der Waals surface area contributed by atoms with Gasteiger partial charge in [0.25, 0.3) is 0 Å². The Hall–Kier alpha value is -1.91. The molecular formula is C16H16ClNO3. The van der Waals surface area contributed by atoms with E-state index in [-0.39, 0.29) is 0 Å². The fourth-order valence-corrected chi connectivity index (χ4v) is 2.96. The number of aliphatic hydroxyl groups is 1. The molecule has 1 aliphatic rings. The van der Waals surface area contributed by atoms with Crippen LogP contribution in [0, 0.1) is 0 Å². The Morgan fingerprint density at radius 1 is 1.14 bits per heavy atom. The van der Waals surface area contributed by atoms with E-state index in [1.54, 1.807) is 32.4 Å². The molecule has 110 valence electrons. The maximum atomic E-state index is 11.2. The van der Waals surface area contributed by atoms with Crippen molar-refractivity contribution in [2.75, 3.05) is 26.1 Å². The van der Waals surface area contributed by atoms with Crippen LogP contribution >= 0.6 is 11.6 Å². The van der Waals surface area contributed by atoms with Crippen molar-refractivity contribution in [3.8, 4) is 11.5 Å². The summed E-state index contributed by atoms with van der Waals surface area (Å²) in [6.07, 6.45) is 0. The van der Waals surface area contributed by atoms with Gasteiger partial charge in [0.2, 0.25) is 0 Å². The van der Waals surface area contributed by atoms with Gasteiger partial charge < -0.3 is 19.9 Å². The third kappa shape index (κ3) is 2.11. The summed E-state index contributed by atoms with van der Waals surface area (Å²) in [6.45, 7) is 0.353. The number of anilines is 1. The highest BCUT2D eigenvalue weighted by Gasteiger charge is 2.41. The maximum Gasteiger partial charge on any atom is 0.167 e. The first-order chi connectivity index (χ1) is 10.1. The molecule has 0 aliphatic carbocycles. The first-order valence-electron chi connectivity index (χ1n) is 6.58. The number of β-amino-alcohol motifs (C(OH)–C–C–N with tert-alkyl or cyclic N) is 1. The molecular weight excluding hydrogens is 290 g/mol. The number of benzene rings is 2. The van der Waals surface area contributed by atoms with Crippen molar-refractivity contribution in [1.29, 1.82) is 0 Å². The lowest BCUT2D eigenvalue weighted by Gasteiger charge is -2.26. The van der Waals surface area contributed by atoms with Crippen molar-refractivity contribution >= 4 is 17.3 Å². The SMILES string of the molecule is COc1cccc(C2(O)CNc3ccc(Cl)cc32)c1OC. The molecule has 1 aliphatic heterocycles. The summed E-state index contributed by atoms with van der Waals surface area (Å²) in [5.74, 6) is 1.11. The van der Waals surface area contributed by atoms with Crippen LogP contribution in [0.1, 0.15) is 11.1 Å². The van der Waals surface area contributed by atoms with Gasteiger partial charge in [-0.25, -0.2) is 0 Å².